The van der Waals surface area contributed by atoms with Crippen LogP contribution >= 0.6 is 0 Å². The number of amides is 2. The van der Waals surface area contributed by atoms with Crippen LogP contribution in [0.2, 0.25) is 0 Å². The van der Waals surface area contributed by atoms with Crippen LogP contribution in [0.3, 0.4) is 0 Å². The van der Waals surface area contributed by atoms with Gasteiger partial charge in [-0.25, -0.2) is 0 Å². The smallest absolute Gasteiger partial charge is 0.255 e. The summed E-state index contributed by atoms with van der Waals surface area (Å²) >= 11 is 0. The molecule has 0 radical (unpaired) electrons. The highest BCUT2D eigenvalue weighted by Crippen LogP contribution is 2.19. The number of hydrogen-bond donors (Lipinski definition) is 2. The molecule has 0 spiro atoms. The van der Waals surface area contributed by atoms with Crippen molar-refractivity contribution in [3.63, 3.8) is 0 Å². The van der Waals surface area contributed by atoms with Gasteiger partial charge in [0.05, 0.1) is 0 Å². The highest BCUT2D eigenvalue weighted by atomic mass is 16.2. The lowest BCUT2D eigenvalue weighted by molar-refractivity contribution is 0.101. The van der Waals surface area contributed by atoms with Gasteiger partial charge in [-0.05, 0) is 75.2 Å². The first-order chi connectivity index (χ1) is 13.3. The summed E-state index contributed by atoms with van der Waals surface area (Å²) in [5.41, 5.74) is 6.89. The summed E-state index contributed by atoms with van der Waals surface area (Å²) in [6.07, 6.45) is 0. The molecule has 0 heterocycles. The summed E-state index contributed by atoms with van der Waals surface area (Å²) in [7, 11) is 0. The van der Waals surface area contributed by atoms with E-state index in [0.717, 1.165) is 33.6 Å². The van der Waals surface area contributed by atoms with Crippen molar-refractivity contribution in [3.05, 3.63) is 94.0 Å². The van der Waals surface area contributed by atoms with E-state index in [1.165, 1.54) is 0 Å². The minimum absolute atomic E-state index is 0.201. The van der Waals surface area contributed by atoms with Gasteiger partial charge in [-0.1, -0.05) is 35.4 Å². The Morgan fingerprint density at radius 3 is 1.25 bits per heavy atom. The normalized spacial score (nSPS) is 10.4. The van der Waals surface area contributed by atoms with Crippen molar-refractivity contribution in [2.24, 2.45) is 0 Å². The number of aryl methyl sites for hydroxylation is 4. The standard InChI is InChI=1S/C24H24N2O2/c1-15-5-11-21(17(3)13-15)25-23(27)19-7-9-20(10-8-19)24(28)26-22-12-6-16(2)14-18(22)4/h5-14H,1-4H3,(H,25,27)(H,26,28). The van der Waals surface area contributed by atoms with Gasteiger partial charge in [0, 0.05) is 22.5 Å². The SMILES string of the molecule is Cc1ccc(NC(=O)c2ccc(C(=O)Nc3ccc(C)cc3C)cc2)c(C)c1. The summed E-state index contributed by atoms with van der Waals surface area (Å²) in [5.74, 6) is -0.401. The fraction of sp³-hybridized carbons (Fsp3) is 0.167. The Hall–Kier alpha value is -3.40. The number of anilines is 2. The maximum absolute atomic E-state index is 12.5. The van der Waals surface area contributed by atoms with E-state index in [-0.39, 0.29) is 11.8 Å². The molecule has 0 aromatic heterocycles. The second kappa shape index (κ2) is 8.09. The summed E-state index contributed by atoms with van der Waals surface area (Å²) in [4.78, 5) is 25.0. The largest absolute Gasteiger partial charge is 0.322 e. The van der Waals surface area contributed by atoms with Crippen LogP contribution in [0.25, 0.3) is 0 Å². The Morgan fingerprint density at radius 2 is 0.929 bits per heavy atom. The summed E-state index contributed by atoms with van der Waals surface area (Å²) in [6, 6.07) is 18.4. The fourth-order valence-electron chi connectivity index (χ4n) is 3.07. The average molecular weight is 372 g/mol. The zero-order chi connectivity index (χ0) is 20.3. The number of nitrogens with one attached hydrogen (secondary N) is 2. The van der Waals surface area contributed by atoms with Crippen molar-refractivity contribution < 1.29 is 9.59 Å². The maximum Gasteiger partial charge on any atom is 0.255 e. The van der Waals surface area contributed by atoms with Gasteiger partial charge in [-0.2, -0.15) is 0 Å². The number of carbonyl (C=O) groups is 2. The van der Waals surface area contributed by atoms with E-state index in [0.29, 0.717) is 11.1 Å². The lowest BCUT2D eigenvalue weighted by Gasteiger charge is -2.11. The molecule has 0 unspecified atom stereocenters. The first-order valence-corrected chi connectivity index (χ1v) is 9.21. The van der Waals surface area contributed by atoms with E-state index in [1.807, 2.05) is 64.1 Å². The number of rotatable bonds is 4. The third kappa shape index (κ3) is 4.46. The lowest BCUT2D eigenvalue weighted by atomic mass is 10.1. The lowest BCUT2D eigenvalue weighted by Crippen LogP contribution is -2.15. The van der Waals surface area contributed by atoms with Crippen LogP contribution in [0.5, 0.6) is 0 Å². The van der Waals surface area contributed by atoms with Crippen LogP contribution in [-0.2, 0) is 0 Å². The first kappa shape index (κ1) is 19.4. The summed E-state index contributed by atoms with van der Waals surface area (Å²) in [5, 5.41) is 5.83. The van der Waals surface area contributed by atoms with E-state index in [4.69, 9.17) is 0 Å². The van der Waals surface area contributed by atoms with Crippen molar-refractivity contribution >= 4 is 23.2 Å². The van der Waals surface area contributed by atoms with E-state index in [9.17, 15) is 9.59 Å². The topological polar surface area (TPSA) is 58.2 Å². The molecular formula is C24H24N2O2. The average Bonchev–Trinajstić information content (AvgIpc) is 2.66. The van der Waals surface area contributed by atoms with Crippen molar-refractivity contribution in [3.8, 4) is 0 Å². The quantitative estimate of drug-likeness (QED) is 0.642. The third-order valence-corrected chi connectivity index (χ3v) is 4.67. The molecule has 0 aliphatic heterocycles. The first-order valence-electron chi connectivity index (χ1n) is 9.21. The Morgan fingerprint density at radius 1 is 0.571 bits per heavy atom. The molecule has 3 aromatic carbocycles. The van der Waals surface area contributed by atoms with Gasteiger partial charge < -0.3 is 10.6 Å². The van der Waals surface area contributed by atoms with Crippen LogP contribution in [0, 0.1) is 27.7 Å². The Kier molecular flexibility index (Phi) is 5.59. The molecule has 142 valence electrons. The highest BCUT2D eigenvalue weighted by molar-refractivity contribution is 6.07. The molecule has 3 aromatic rings. The molecular weight excluding hydrogens is 348 g/mol. The molecule has 0 aliphatic rings. The monoisotopic (exact) mass is 372 g/mol. The van der Waals surface area contributed by atoms with Crippen molar-refractivity contribution in [1.29, 1.82) is 0 Å². The van der Waals surface area contributed by atoms with Crippen molar-refractivity contribution in [1.82, 2.24) is 0 Å². The number of carbonyl (C=O) groups excluding carboxylic acids is 2. The van der Waals surface area contributed by atoms with Crippen molar-refractivity contribution in [2.45, 2.75) is 27.7 Å². The van der Waals surface area contributed by atoms with Crippen LogP contribution in [0.1, 0.15) is 43.0 Å². The van der Waals surface area contributed by atoms with E-state index >= 15 is 0 Å². The molecule has 4 heteroatoms. The molecule has 0 aliphatic carbocycles. The van der Waals surface area contributed by atoms with E-state index in [1.54, 1.807) is 24.3 Å². The second-order valence-corrected chi connectivity index (χ2v) is 7.12. The van der Waals surface area contributed by atoms with Gasteiger partial charge in [-0.15, -0.1) is 0 Å². The van der Waals surface area contributed by atoms with Crippen molar-refractivity contribution in [2.75, 3.05) is 10.6 Å². The van der Waals surface area contributed by atoms with Crippen LogP contribution in [-0.4, -0.2) is 11.8 Å². The molecule has 0 saturated heterocycles. The minimum Gasteiger partial charge on any atom is -0.322 e. The maximum atomic E-state index is 12.5. The molecule has 28 heavy (non-hydrogen) atoms. The molecule has 4 nitrogen and oxygen atoms in total. The van der Waals surface area contributed by atoms with Crippen LogP contribution in [0.15, 0.2) is 60.7 Å². The summed E-state index contributed by atoms with van der Waals surface area (Å²) in [6.45, 7) is 7.95. The molecule has 0 saturated carbocycles. The summed E-state index contributed by atoms with van der Waals surface area (Å²) < 4.78 is 0. The number of hydrogen-bond acceptors (Lipinski definition) is 2. The van der Waals surface area contributed by atoms with Crippen LogP contribution in [0.4, 0.5) is 11.4 Å². The van der Waals surface area contributed by atoms with E-state index in [2.05, 4.69) is 10.6 Å². The second-order valence-electron chi connectivity index (χ2n) is 7.12. The predicted molar refractivity (Wildman–Crippen MR) is 114 cm³/mol. The van der Waals surface area contributed by atoms with Gasteiger partial charge in [0.1, 0.15) is 0 Å². The molecule has 3 rings (SSSR count). The van der Waals surface area contributed by atoms with Gasteiger partial charge in [0.15, 0.2) is 0 Å². The Labute approximate surface area is 165 Å². The molecule has 0 bridgehead atoms. The molecule has 0 fully saturated rings. The Balaban J connectivity index is 1.70. The fourth-order valence-corrected chi connectivity index (χ4v) is 3.07. The van der Waals surface area contributed by atoms with Gasteiger partial charge in [0.2, 0.25) is 0 Å². The number of benzene rings is 3. The van der Waals surface area contributed by atoms with Gasteiger partial charge in [-0.3, -0.25) is 9.59 Å². The molecule has 0 atom stereocenters. The van der Waals surface area contributed by atoms with Gasteiger partial charge in [0.25, 0.3) is 11.8 Å². The van der Waals surface area contributed by atoms with E-state index < -0.39 is 0 Å². The highest BCUT2D eigenvalue weighted by Gasteiger charge is 2.11. The van der Waals surface area contributed by atoms with Gasteiger partial charge >= 0.3 is 0 Å². The molecule has 2 amide bonds. The zero-order valence-electron chi connectivity index (χ0n) is 16.6. The molecule has 2 N–H and O–H groups in total. The third-order valence-electron chi connectivity index (χ3n) is 4.67. The minimum atomic E-state index is -0.201. The zero-order valence-corrected chi connectivity index (χ0v) is 16.6. The van der Waals surface area contributed by atoms with Crippen LogP contribution < -0.4 is 10.6 Å². The Bertz CT molecular complexity index is 952. The predicted octanol–water partition coefficient (Wildman–Crippen LogP) is 5.42.